The molecule has 0 radical (unpaired) electrons. The zero-order valence-corrected chi connectivity index (χ0v) is 19.2. The van der Waals surface area contributed by atoms with Crippen molar-refractivity contribution >= 4 is 0 Å². The van der Waals surface area contributed by atoms with Crippen LogP contribution in [-0.4, -0.2) is 0 Å². The predicted molar refractivity (Wildman–Crippen MR) is 115 cm³/mol. The van der Waals surface area contributed by atoms with E-state index in [0.29, 0.717) is 0 Å². The summed E-state index contributed by atoms with van der Waals surface area (Å²) in [5, 5.41) is 0. The average molecular weight is 381 g/mol. The molecule has 7 fully saturated rings. The van der Waals surface area contributed by atoms with E-state index in [1.54, 1.807) is 25.7 Å². The molecule has 0 heterocycles. The van der Waals surface area contributed by atoms with Crippen molar-refractivity contribution in [2.45, 2.75) is 67.2 Å². The molecule has 0 N–H and O–H groups in total. The Morgan fingerprint density at radius 1 is 0.286 bits per heavy atom. The molecular formula is C28H44. The fourth-order valence-electron chi connectivity index (χ4n) is 12.8. The molecule has 0 amide bonds. The molecule has 0 nitrogen and oxygen atoms in total. The minimum atomic E-state index is 0.939. The van der Waals surface area contributed by atoms with E-state index in [4.69, 9.17) is 0 Å². The summed E-state index contributed by atoms with van der Waals surface area (Å²) in [5.41, 5.74) is 0. The molecule has 0 saturated heterocycles. The van der Waals surface area contributed by atoms with Crippen LogP contribution in [0.5, 0.6) is 0 Å². The Bertz CT molecular complexity index is 680. The standard InChI is InChI=1S/C28H44/c1-11-12(2)21-15(5)23-14(4)17-7-8-18(17)25(23)27(21)28-22(13(11)3)16(6)24-19-9-10-20(19)26(24)28/h11-28H,7-10H2,1-6H3. The van der Waals surface area contributed by atoms with Crippen LogP contribution >= 0.6 is 0 Å². The SMILES string of the molecule is CC1C(C)C2C(C)C3C(C)C4CCC4C3C2C2C(C1C)C(C)C1C3CCC3C12. The van der Waals surface area contributed by atoms with Crippen LogP contribution in [0, 0.1) is 107 Å². The second kappa shape index (κ2) is 5.43. The molecule has 0 aromatic heterocycles. The van der Waals surface area contributed by atoms with Crippen molar-refractivity contribution < 1.29 is 0 Å². The van der Waals surface area contributed by atoms with Crippen molar-refractivity contribution in [1.29, 1.82) is 0 Å². The van der Waals surface area contributed by atoms with Crippen LogP contribution in [0.2, 0.25) is 0 Å². The molecule has 18 unspecified atom stereocenters. The van der Waals surface area contributed by atoms with Gasteiger partial charge in [-0.2, -0.15) is 0 Å². The number of hydrogen-bond acceptors (Lipinski definition) is 0. The lowest BCUT2D eigenvalue weighted by molar-refractivity contribution is -0.128. The summed E-state index contributed by atoms with van der Waals surface area (Å²) in [4.78, 5) is 0. The molecule has 0 aromatic rings. The van der Waals surface area contributed by atoms with E-state index in [1.165, 1.54) is 11.8 Å². The lowest BCUT2D eigenvalue weighted by atomic mass is 9.44. The predicted octanol–water partition coefficient (Wildman–Crippen LogP) is 6.85. The minimum Gasteiger partial charge on any atom is -0.0620 e. The highest BCUT2D eigenvalue weighted by atomic mass is 14.8. The van der Waals surface area contributed by atoms with Gasteiger partial charge >= 0.3 is 0 Å². The van der Waals surface area contributed by atoms with Crippen molar-refractivity contribution in [2.75, 3.05) is 0 Å². The second-order valence-corrected chi connectivity index (χ2v) is 13.6. The summed E-state index contributed by atoms with van der Waals surface area (Å²) in [6.45, 7) is 16.2. The molecule has 7 rings (SSSR count). The van der Waals surface area contributed by atoms with Gasteiger partial charge in [-0.15, -0.1) is 0 Å². The lowest BCUT2D eigenvalue weighted by Crippen LogP contribution is -2.55. The second-order valence-electron chi connectivity index (χ2n) is 13.6. The Kier molecular flexibility index (Phi) is 3.42. The molecule has 7 aliphatic rings. The van der Waals surface area contributed by atoms with Crippen LogP contribution in [0.15, 0.2) is 0 Å². The van der Waals surface area contributed by atoms with Crippen LogP contribution in [0.1, 0.15) is 67.2 Å². The first-order chi connectivity index (χ1) is 13.4. The third-order valence-electron chi connectivity index (χ3n) is 13.9. The van der Waals surface area contributed by atoms with Crippen LogP contribution < -0.4 is 0 Å². The maximum atomic E-state index is 2.74. The van der Waals surface area contributed by atoms with E-state index >= 15 is 0 Å². The quantitative estimate of drug-likeness (QED) is 0.431. The van der Waals surface area contributed by atoms with Gasteiger partial charge in [-0.05, 0) is 132 Å². The molecule has 7 saturated carbocycles. The first-order valence-corrected chi connectivity index (χ1v) is 13.4. The molecule has 0 aliphatic heterocycles. The van der Waals surface area contributed by atoms with Crippen molar-refractivity contribution in [1.82, 2.24) is 0 Å². The van der Waals surface area contributed by atoms with Gasteiger partial charge in [0, 0.05) is 0 Å². The van der Waals surface area contributed by atoms with Gasteiger partial charge in [0.1, 0.15) is 0 Å². The van der Waals surface area contributed by atoms with E-state index in [-0.39, 0.29) is 0 Å². The number of fused-ring (bicyclic) bond motifs is 12. The maximum absolute atomic E-state index is 2.74. The summed E-state index contributed by atoms with van der Waals surface area (Å²) in [6.07, 6.45) is 6.37. The number of hydrogen-bond donors (Lipinski definition) is 0. The maximum Gasteiger partial charge on any atom is -0.0312 e. The van der Waals surface area contributed by atoms with Gasteiger partial charge in [-0.1, -0.05) is 41.5 Å². The molecule has 18 atom stereocenters. The van der Waals surface area contributed by atoms with E-state index in [1.807, 2.05) is 0 Å². The summed E-state index contributed by atoms with van der Waals surface area (Å²) >= 11 is 0. The highest BCUT2D eigenvalue weighted by Crippen LogP contribution is 2.78. The third-order valence-corrected chi connectivity index (χ3v) is 13.9. The molecule has 0 aromatic carbocycles. The van der Waals surface area contributed by atoms with Gasteiger partial charge < -0.3 is 0 Å². The monoisotopic (exact) mass is 380 g/mol. The molecule has 0 bridgehead atoms. The minimum absolute atomic E-state index is 0.939. The average Bonchev–Trinajstić information content (AvgIpc) is 3.07. The molecule has 7 aliphatic carbocycles. The smallest absolute Gasteiger partial charge is 0.0312 e. The van der Waals surface area contributed by atoms with Gasteiger partial charge in [-0.25, -0.2) is 0 Å². The molecule has 28 heavy (non-hydrogen) atoms. The Hall–Kier alpha value is 0. The molecule has 0 spiro atoms. The zero-order valence-electron chi connectivity index (χ0n) is 19.2. The molecule has 156 valence electrons. The van der Waals surface area contributed by atoms with Gasteiger partial charge in [0.15, 0.2) is 0 Å². The fourth-order valence-corrected chi connectivity index (χ4v) is 12.8. The normalized spacial score (nSPS) is 73.5. The fraction of sp³-hybridized carbons (Fsp3) is 1.00. The van der Waals surface area contributed by atoms with Gasteiger partial charge in [0.2, 0.25) is 0 Å². The van der Waals surface area contributed by atoms with E-state index < -0.39 is 0 Å². The van der Waals surface area contributed by atoms with Crippen molar-refractivity contribution in [2.24, 2.45) is 107 Å². The Balaban J connectivity index is 1.37. The summed E-state index contributed by atoms with van der Waals surface area (Å²) in [5.74, 6) is 19.4. The van der Waals surface area contributed by atoms with Gasteiger partial charge in [0.05, 0.1) is 0 Å². The van der Waals surface area contributed by atoms with Crippen molar-refractivity contribution in [3.05, 3.63) is 0 Å². The summed E-state index contributed by atoms with van der Waals surface area (Å²) in [7, 11) is 0. The largest absolute Gasteiger partial charge is 0.0620 e. The van der Waals surface area contributed by atoms with E-state index in [0.717, 1.165) is 94.7 Å². The Morgan fingerprint density at radius 2 is 0.679 bits per heavy atom. The van der Waals surface area contributed by atoms with Crippen molar-refractivity contribution in [3.8, 4) is 0 Å². The first-order valence-electron chi connectivity index (χ1n) is 13.4. The molecule has 0 heteroatoms. The Labute approximate surface area is 174 Å². The zero-order chi connectivity index (χ0) is 19.2. The summed E-state index contributed by atoms with van der Waals surface area (Å²) in [6, 6.07) is 0. The Morgan fingerprint density at radius 3 is 1.21 bits per heavy atom. The van der Waals surface area contributed by atoms with Crippen LogP contribution in [-0.2, 0) is 0 Å². The van der Waals surface area contributed by atoms with Crippen LogP contribution in [0.3, 0.4) is 0 Å². The van der Waals surface area contributed by atoms with Crippen LogP contribution in [0.4, 0.5) is 0 Å². The van der Waals surface area contributed by atoms with E-state index in [2.05, 4.69) is 41.5 Å². The number of rotatable bonds is 0. The lowest BCUT2D eigenvalue weighted by Gasteiger charge is -2.61. The van der Waals surface area contributed by atoms with E-state index in [9.17, 15) is 0 Å². The molecular weight excluding hydrogens is 336 g/mol. The van der Waals surface area contributed by atoms with Crippen LogP contribution in [0.25, 0.3) is 0 Å². The topological polar surface area (TPSA) is 0 Å². The highest BCUT2D eigenvalue weighted by molar-refractivity contribution is 5.21. The highest BCUT2D eigenvalue weighted by Gasteiger charge is 2.73. The first kappa shape index (κ1) is 17.7. The third kappa shape index (κ3) is 1.69. The summed E-state index contributed by atoms with van der Waals surface area (Å²) < 4.78 is 0. The van der Waals surface area contributed by atoms with Crippen molar-refractivity contribution in [3.63, 3.8) is 0 Å². The van der Waals surface area contributed by atoms with Gasteiger partial charge in [0.25, 0.3) is 0 Å². The van der Waals surface area contributed by atoms with Gasteiger partial charge in [-0.3, -0.25) is 0 Å².